The summed E-state index contributed by atoms with van der Waals surface area (Å²) in [5.74, 6) is -0.479. The zero-order chi connectivity index (χ0) is 25.4. The summed E-state index contributed by atoms with van der Waals surface area (Å²) in [4.78, 5) is 12.8. The summed E-state index contributed by atoms with van der Waals surface area (Å²) in [5, 5.41) is 0. The lowest BCUT2D eigenvalue weighted by Crippen LogP contribution is -2.43. The Morgan fingerprint density at radius 3 is 2.31 bits per heavy atom. The van der Waals surface area contributed by atoms with Crippen LogP contribution in [0.5, 0.6) is 0 Å². The Morgan fingerprint density at radius 2 is 1.58 bits per heavy atom. The first kappa shape index (κ1) is 27.7. The molecule has 0 saturated carbocycles. The molecule has 6 nitrogen and oxygen atoms in total. The van der Waals surface area contributed by atoms with Crippen LogP contribution in [0, 0.1) is 0 Å². The molecule has 3 aliphatic rings. The number of carbonyl (C=O) groups is 1. The minimum Gasteiger partial charge on any atom is -0.368 e. The summed E-state index contributed by atoms with van der Waals surface area (Å²) in [7, 11) is 0. The summed E-state index contributed by atoms with van der Waals surface area (Å²) in [6.45, 7) is 6.50. The molecule has 3 saturated heterocycles. The lowest BCUT2D eigenvalue weighted by atomic mass is 10.0. The second kappa shape index (κ2) is 13.5. The normalized spacial score (nSPS) is 31.1. The van der Waals surface area contributed by atoms with Crippen LogP contribution in [0.15, 0.2) is 30.3 Å². The highest BCUT2D eigenvalue weighted by molar-refractivity contribution is 5.83. The minimum atomic E-state index is -0.709. The maximum Gasteiger partial charge on any atom is 0.190 e. The fourth-order valence-electron chi connectivity index (χ4n) is 5.67. The Balaban J connectivity index is 1.22. The Kier molecular flexibility index (Phi) is 10.4. The molecule has 0 N–H and O–H groups in total. The number of ketones is 1. The Labute approximate surface area is 217 Å². The van der Waals surface area contributed by atoms with Gasteiger partial charge in [-0.15, -0.1) is 0 Å². The van der Waals surface area contributed by atoms with Gasteiger partial charge in [0, 0.05) is 6.42 Å². The molecule has 0 aromatic heterocycles. The van der Waals surface area contributed by atoms with Gasteiger partial charge >= 0.3 is 0 Å². The van der Waals surface area contributed by atoms with E-state index in [4.69, 9.17) is 23.7 Å². The average molecular weight is 503 g/mol. The van der Waals surface area contributed by atoms with Crippen LogP contribution in [-0.4, -0.2) is 48.4 Å². The van der Waals surface area contributed by atoms with Gasteiger partial charge in [-0.25, -0.2) is 0 Å². The number of hydrogen-bond acceptors (Lipinski definition) is 6. The van der Waals surface area contributed by atoms with E-state index in [2.05, 4.69) is 6.92 Å². The van der Waals surface area contributed by atoms with Crippen LogP contribution in [0.25, 0.3) is 0 Å². The molecule has 0 spiro atoms. The zero-order valence-electron chi connectivity index (χ0n) is 22.5. The summed E-state index contributed by atoms with van der Waals surface area (Å²) >= 11 is 0. The van der Waals surface area contributed by atoms with Gasteiger partial charge < -0.3 is 23.7 Å². The van der Waals surface area contributed by atoms with Crippen LogP contribution < -0.4 is 0 Å². The van der Waals surface area contributed by atoms with E-state index in [0.29, 0.717) is 13.0 Å². The van der Waals surface area contributed by atoms with E-state index in [0.717, 1.165) is 31.2 Å². The third-order valence-corrected chi connectivity index (χ3v) is 7.62. The van der Waals surface area contributed by atoms with Gasteiger partial charge in [0.25, 0.3) is 0 Å². The Hall–Kier alpha value is -1.31. The molecule has 36 heavy (non-hydrogen) atoms. The maximum absolute atomic E-state index is 12.8. The maximum atomic E-state index is 12.8. The standard InChI is InChI=1S/C30H46O6/c1-4-5-6-7-8-9-10-11-15-18-23(31)24-19-20-25(33-24)26-27(32-21-22-16-13-12-14-17-22)28-29(34-26)36-30(2,3)35-28/h12-14,16-17,24-29H,4-11,15,18-21H2,1-3H3/t24-,25+,26+,27+,28-,29+/m1/s1. The van der Waals surface area contributed by atoms with Crippen molar-refractivity contribution in [1.29, 1.82) is 0 Å². The van der Waals surface area contributed by atoms with Crippen LogP contribution >= 0.6 is 0 Å². The highest BCUT2D eigenvalue weighted by Crippen LogP contribution is 2.42. The van der Waals surface area contributed by atoms with Gasteiger partial charge in [-0.05, 0) is 38.7 Å². The molecule has 6 heteroatoms. The largest absolute Gasteiger partial charge is 0.368 e. The van der Waals surface area contributed by atoms with Crippen molar-refractivity contribution >= 4 is 5.78 Å². The first-order valence-electron chi connectivity index (χ1n) is 14.3. The van der Waals surface area contributed by atoms with Crippen molar-refractivity contribution in [2.45, 2.75) is 147 Å². The SMILES string of the molecule is CCCCCCCCCCCC(=O)[C@H]1CC[C@@H]([C@@H]2O[C@H]3OC(C)(C)O[C@@H]3[C@H]2OCc2ccccc2)O1. The van der Waals surface area contributed by atoms with Crippen LogP contribution in [0.4, 0.5) is 0 Å². The molecule has 0 bridgehead atoms. The summed E-state index contributed by atoms with van der Waals surface area (Å²) in [6, 6.07) is 10.1. The van der Waals surface area contributed by atoms with E-state index >= 15 is 0 Å². The van der Waals surface area contributed by atoms with Crippen molar-refractivity contribution in [2.24, 2.45) is 0 Å². The van der Waals surface area contributed by atoms with Crippen molar-refractivity contribution in [2.75, 3.05) is 0 Å². The van der Waals surface area contributed by atoms with Gasteiger partial charge in [-0.1, -0.05) is 88.6 Å². The molecule has 202 valence electrons. The highest BCUT2D eigenvalue weighted by Gasteiger charge is 2.58. The van der Waals surface area contributed by atoms with Crippen LogP contribution in [-0.2, 0) is 35.1 Å². The number of carbonyl (C=O) groups excluding carboxylic acids is 1. The smallest absolute Gasteiger partial charge is 0.190 e. The van der Waals surface area contributed by atoms with E-state index in [1.165, 1.54) is 44.9 Å². The van der Waals surface area contributed by atoms with E-state index in [9.17, 15) is 4.79 Å². The van der Waals surface area contributed by atoms with E-state index in [-0.39, 0.29) is 36.3 Å². The fraction of sp³-hybridized carbons (Fsp3) is 0.767. The molecular weight excluding hydrogens is 456 g/mol. The third-order valence-electron chi connectivity index (χ3n) is 7.62. The molecule has 3 fully saturated rings. The van der Waals surface area contributed by atoms with E-state index < -0.39 is 12.1 Å². The molecule has 3 aliphatic heterocycles. The van der Waals surface area contributed by atoms with Gasteiger partial charge in [-0.2, -0.15) is 0 Å². The number of hydrogen-bond donors (Lipinski definition) is 0. The monoisotopic (exact) mass is 502 g/mol. The zero-order valence-corrected chi connectivity index (χ0v) is 22.5. The number of fused-ring (bicyclic) bond motifs is 1. The van der Waals surface area contributed by atoms with Crippen LogP contribution in [0.3, 0.4) is 0 Å². The average Bonchev–Trinajstić information content (AvgIpc) is 3.55. The van der Waals surface area contributed by atoms with Crippen molar-refractivity contribution in [3.8, 4) is 0 Å². The molecule has 0 radical (unpaired) electrons. The van der Waals surface area contributed by atoms with E-state index in [1.807, 2.05) is 44.2 Å². The van der Waals surface area contributed by atoms with Gasteiger partial charge in [0.05, 0.1) is 12.7 Å². The topological polar surface area (TPSA) is 63.2 Å². The quantitative estimate of drug-likeness (QED) is 0.256. The molecule has 4 rings (SSSR count). The molecule has 0 amide bonds. The van der Waals surface area contributed by atoms with Crippen molar-refractivity contribution in [1.82, 2.24) is 0 Å². The Morgan fingerprint density at radius 1 is 0.889 bits per heavy atom. The van der Waals surface area contributed by atoms with Crippen molar-refractivity contribution < 1.29 is 28.5 Å². The van der Waals surface area contributed by atoms with E-state index in [1.54, 1.807) is 0 Å². The molecule has 0 aliphatic carbocycles. The number of unbranched alkanes of at least 4 members (excludes halogenated alkanes) is 8. The molecule has 0 unspecified atom stereocenters. The second-order valence-electron chi connectivity index (χ2n) is 11.1. The molecule has 3 heterocycles. The number of benzene rings is 1. The summed E-state index contributed by atoms with van der Waals surface area (Å²) in [5.41, 5.74) is 1.10. The predicted octanol–water partition coefficient (Wildman–Crippen LogP) is 6.49. The number of rotatable bonds is 15. The molecule has 1 aromatic rings. The summed E-state index contributed by atoms with van der Waals surface area (Å²) in [6.07, 6.45) is 11.5. The van der Waals surface area contributed by atoms with Crippen LogP contribution in [0.2, 0.25) is 0 Å². The Bertz CT molecular complexity index is 796. The molecule has 1 aromatic carbocycles. The first-order valence-corrected chi connectivity index (χ1v) is 14.3. The molecule has 6 atom stereocenters. The van der Waals surface area contributed by atoms with Crippen molar-refractivity contribution in [3.63, 3.8) is 0 Å². The van der Waals surface area contributed by atoms with Gasteiger partial charge in [0.15, 0.2) is 17.9 Å². The summed E-state index contributed by atoms with van der Waals surface area (Å²) < 4.78 is 31.1. The van der Waals surface area contributed by atoms with Gasteiger partial charge in [0.1, 0.15) is 24.4 Å². The lowest BCUT2D eigenvalue weighted by molar-refractivity contribution is -0.232. The van der Waals surface area contributed by atoms with Crippen LogP contribution in [0.1, 0.15) is 103 Å². The molecular formula is C30H46O6. The first-order chi connectivity index (χ1) is 17.5. The fourth-order valence-corrected chi connectivity index (χ4v) is 5.67. The van der Waals surface area contributed by atoms with Gasteiger partial charge in [0.2, 0.25) is 0 Å². The second-order valence-corrected chi connectivity index (χ2v) is 11.1. The highest BCUT2D eigenvalue weighted by atomic mass is 16.8. The van der Waals surface area contributed by atoms with Crippen molar-refractivity contribution in [3.05, 3.63) is 35.9 Å². The lowest BCUT2D eigenvalue weighted by Gasteiger charge is -2.29. The predicted molar refractivity (Wildman–Crippen MR) is 138 cm³/mol. The minimum absolute atomic E-state index is 0.191. The third kappa shape index (κ3) is 7.61. The number of ether oxygens (including phenoxy) is 5. The van der Waals surface area contributed by atoms with Gasteiger partial charge in [-0.3, -0.25) is 4.79 Å². The number of Topliss-reactive ketones (excluding diaryl/α,β-unsaturated/α-hetero) is 1.